The highest BCUT2D eigenvalue weighted by molar-refractivity contribution is 7.98. The smallest absolute Gasteiger partial charge is 0.237 e. The van der Waals surface area contributed by atoms with E-state index in [1.807, 2.05) is 71.3 Å². The summed E-state index contributed by atoms with van der Waals surface area (Å²) in [5.41, 5.74) is 2.58. The fourth-order valence-corrected chi connectivity index (χ4v) is 4.42. The van der Waals surface area contributed by atoms with Crippen LogP contribution < -0.4 is 14.2 Å². The lowest BCUT2D eigenvalue weighted by molar-refractivity contribution is 0.388. The average molecular weight is 502 g/mol. The minimum absolute atomic E-state index is 0.411. The SMILES string of the molecule is COc1ccc(-n2c(SCc3nc(-c4ccc(OC)cc4OC)no3)nnc2-c2ccccc2)cc1. The van der Waals surface area contributed by atoms with E-state index in [2.05, 4.69) is 20.3 Å². The minimum Gasteiger partial charge on any atom is -0.497 e. The largest absolute Gasteiger partial charge is 0.497 e. The summed E-state index contributed by atoms with van der Waals surface area (Å²) >= 11 is 1.46. The van der Waals surface area contributed by atoms with Gasteiger partial charge in [-0.05, 0) is 36.4 Å². The standard InChI is InChI=1S/C26H23N5O4S/c1-32-19-11-9-18(10-12-19)31-25(17-7-5-4-6-8-17)28-29-26(31)36-16-23-27-24(30-35-23)21-14-13-20(33-2)15-22(21)34-3/h4-15H,16H2,1-3H3. The molecule has 0 aliphatic heterocycles. The van der Waals surface area contributed by atoms with Crippen LogP contribution in [-0.4, -0.2) is 46.2 Å². The molecule has 2 heterocycles. The molecule has 0 fully saturated rings. The molecule has 182 valence electrons. The molecular weight excluding hydrogens is 478 g/mol. The van der Waals surface area contributed by atoms with E-state index < -0.39 is 0 Å². The van der Waals surface area contributed by atoms with Crippen LogP contribution in [0.15, 0.2) is 82.5 Å². The molecule has 0 bridgehead atoms. The lowest BCUT2D eigenvalue weighted by Crippen LogP contribution is -2.00. The molecule has 2 aromatic heterocycles. The monoisotopic (exact) mass is 501 g/mol. The van der Waals surface area contributed by atoms with E-state index in [1.165, 1.54) is 11.8 Å². The zero-order valence-electron chi connectivity index (χ0n) is 19.9. The summed E-state index contributed by atoms with van der Waals surface area (Å²) in [6.07, 6.45) is 0. The van der Waals surface area contributed by atoms with Crippen molar-refractivity contribution in [3.8, 4) is 45.7 Å². The molecule has 0 N–H and O–H groups in total. The Kier molecular flexibility index (Phi) is 6.85. The van der Waals surface area contributed by atoms with E-state index in [1.54, 1.807) is 27.4 Å². The maximum atomic E-state index is 5.52. The van der Waals surface area contributed by atoms with Crippen molar-refractivity contribution in [1.29, 1.82) is 0 Å². The molecular formula is C26H23N5O4S. The van der Waals surface area contributed by atoms with Gasteiger partial charge in [0.05, 0.1) is 32.6 Å². The maximum absolute atomic E-state index is 5.52. The summed E-state index contributed by atoms with van der Waals surface area (Å²) in [5, 5.41) is 13.8. The molecule has 5 rings (SSSR count). The molecule has 5 aromatic rings. The van der Waals surface area contributed by atoms with Gasteiger partial charge in [-0.2, -0.15) is 4.98 Å². The predicted octanol–water partition coefficient (Wildman–Crippen LogP) is 5.30. The zero-order valence-corrected chi connectivity index (χ0v) is 20.7. The van der Waals surface area contributed by atoms with Gasteiger partial charge in [-0.25, -0.2) is 0 Å². The molecule has 36 heavy (non-hydrogen) atoms. The van der Waals surface area contributed by atoms with E-state index in [4.69, 9.17) is 18.7 Å². The fraction of sp³-hybridized carbons (Fsp3) is 0.154. The Morgan fingerprint density at radius 3 is 2.31 bits per heavy atom. The Morgan fingerprint density at radius 2 is 1.58 bits per heavy atom. The van der Waals surface area contributed by atoms with Gasteiger partial charge in [0.1, 0.15) is 17.2 Å². The fourth-order valence-electron chi connectivity index (χ4n) is 3.63. The van der Waals surface area contributed by atoms with Crippen LogP contribution in [0, 0.1) is 0 Å². The normalized spacial score (nSPS) is 10.9. The van der Waals surface area contributed by atoms with Gasteiger partial charge < -0.3 is 18.7 Å². The van der Waals surface area contributed by atoms with Crippen LogP contribution in [0.5, 0.6) is 17.2 Å². The highest BCUT2D eigenvalue weighted by Gasteiger charge is 2.19. The third kappa shape index (κ3) is 4.76. The Bertz CT molecular complexity index is 1450. The summed E-state index contributed by atoms with van der Waals surface area (Å²) < 4.78 is 23.6. The van der Waals surface area contributed by atoms with Gasteiger partial charge in [0.2, 0.25) is 11.7 Å². The molecule has 3 aromatic carbocycles. The van der Waals surface area contributed by atoms with Crippen LogP contribution in [0.2, 0.25) is 0 Å². The number of hydrogen-bond acceptors (Lipinski definition) is 9. The van der Waals surface area contributed by atoms with E-state index in [9.17, 15) is 0 Å². The summed E-state index contributed by atoms with van der Waals surface area (Å²) in [6, 6.07) is 23.1. The second-order valence-corrected chi connectivity index (χ2v) is 8.51. The number of thioether (sulfide) groups is 1. The number of rotatable bonds is 9. The number of nitrogens with zero attached hydrogens (tertiary/aromatic N) is 5. The second kappa shape index (κ2) is 10.5. The van der Waals surface area contributed by atoms with Gasteiger partial charge >= 0.3 is 0 Å². The number of methoxy groups -OCH3 is 3. The van der Waals surface area contributed by atoms with Gasteiger partial charge in [0.25, 0.3) is 0 Å². The summed E-state index contributed by atoms with van der Waals surface area (Å²) in [5.74, 6) is 4.09. The molecule has 0 amide bonds. The average Bonchev–Trinajstić information content (AvgIpc) is 3.59. The Labute approximate surface area is 212 Å². The number of hydrogen-bond donors (Lipinski definition) is 0. The van der Waals surface area contributed by atoms with E-state index in [-0.39, 0.29) is 0 Å². The van der Waals surface area contributed by atoms with Crippen molar-refractivity contribution in [3.63, 3.8) is 0 Å². The topological polar surface area (TPSA) is 97.3 Å². The van der Waals surface area contributed by atoms with E-state index >= 15 is 0 Å². The molecule has 10 heteroatoms. The van der Waals surface area contributed by atoms with Gasteiger partial charge in [-0.1, -0.05) is 47.3 Å². The van der Waals surface area contributed by atoms with Crippen molar-refractivity contribution in [2.24, 2.45) is 0 Å². The minimum atomic E-state index is 0.411. The summed E-state index contributed by atoms with van der Waals surface area (Å²) in [4.78, 5) is 4.56. The predicted molar refractivity (Wildman–Crippen MR) is 136 cm³/mol. The van der Waals surface area contributed by atoms with Crippen molar-refractivity contribution >= 4 is 11.8 Å². The molecule has 0 aliphatic carbocycles. The van der Waals surface area contributed by atoms with Crippen molar-refractivity contribution in [3.05, 3.63) is 78.7 Å². The molecule has 0 aliphatic rings. The van der Waals surface area contributed by atoms with Crippen molar-refractivity contribution in [2.45, 2.75) is 10.9 Å². The van der Waals surface area contributed by atoms with Crippen molar-refractivity contribution in [1.82, 2.24) is 24.9 Å². The first-order valence-corrected chi connectivity index (χ1v) is 12.0. The molecule has 0 unspecified atom stereocenters. The third-order valence-corrected chi connectivity index (χ3v) is 6.35. The number of benzene rings is 3. The van der Waals surface area contributed by atoms with Gasteiger partial charge in [0.15, 0.2) is 11.0 Å². The molecule has 0 saturated carbocycles. The lowest BCUT2D eigenvalue weighted by atomic mass is 10.2. The first kappa shape index (κ1) is 23.4. The summed E-state index contributed by atoms with van der Waals surface area (Å²) in [7, 11) is 4.84. The Morgan fingerprint density at radius 1 is 0.833 bits per heavy atom. The van der Waals surface area contributed by atoms with Crippen molar-refractivity contribution in [2.75, 3.05) is 21.3 Å². The van der Waals surface area contributed by atoms with E-state index in [0.29, 0.717) is 39.7 Å². The first-order chi connectivity index (χ1) is 17.7. The van der Waals surface area contributed by atoms with Crippen LogP contribution in [-0.2, 0) is 5.75 Å². The van der Waals surface area contributed by atoms with Crippen LogP contribution in [0.1, 0.15) is 5.89 Å². The van der Waals surface area contributed by atoms with Crippen LogP contribution in [0.4, 0.5) is 0 Å². The van der Waals surface area contributed by atoms with Crippen LogP contribution in [0.25, 0.3) is 28.5 Å². The quantitative estimate of drug-likeness (QED) is 0.249. The first-order valence-electron chi connectivity index (χ1n) is 11.0. The third-order valence-electron chi connectivity index (χ3n) is 5.44. The Balaban J connectivity index is 1.43. The van der Waals surface area contributed by atoms with E-state index in [0.717, 1.165) is 22.8 Å². The van der Waals surface area contributed by atoms with Gasteiger partial charge in [0, 0.05) is 17.3 Å². The molecule has 9 nitrogen and oxygen atoms in total. The lowest BCUT2D eigenvalue weighted by Gasteiger charge is -2.10. The molecule has 0 atom stereocenters. The zero-order chi connectivity index (χ0) is 24.9. The van der Waals surface area contributed by atoms with Crippen LogP contribution in [0.3, 0.4) is 0 Å². The maximum Gasteiger partial charge on any atom is 0.237 e. The van der Waals surface area contributed by atoms with Gasteiger partial charge in [-0.15, -0.1) is 10.2 Å². The van der Waals surface area contributed by atoms with Gasteiger partial charge in [-0.3, -0.25) is 4.57 Å². The highest BCUT2D eigenvalue weighted by atomic mass is 32.2. The Hall–Kier alpha value is -4.31. The number of ether oxygens (including phenoxy) is 3. The van der Waals surface area contributed by atoms with Crippen LogP contribution >= 0.6 is 11.8 Å². The summed E-state index contributed by atoms with van der Waals surface area (Å²) in [6.45, 7) is 0. The van der Waals surface area contributed by atoms with Crippen molar-refractivity contribution < 1.29 is 18.7 Å². The highest BCUT2D eigenvalue weighted by Crippen LogP contribution is 2.33. The molecule has 0 saturated heterocycles. The molecule has 0 radical (unpaired) electrons. The molecule has 0 spiro atoms. The number of aromatic nitrogens is 5. The second-order valence-electron chi connectivity index (χ2n) is 7.57.